The molecule has 0 saturated carbocycles. The Morgan fingerprint density at radius 1 is 1.26 bits per heavy atom. The number of benzene rings is 2. The van der Waals surface area contributed by atoms with Crippen molar-refractivity contribution in [3.05, 3.63) is 71.4 Å². The van der Waals surface area contributed by atoms with E-state index in [4.69, 9.17) is 4.74 Å². The predicted octanol–water partition coefficient (Wildman–Crippen LogP) is 6.00. The Hall–Kier alpha value is -2.99. The van der Waals surface area contributed by atoms with Crippen LogP contribution in [0.15, 0.2) is 54.7 Å². The first kappa shape index (κ1) is 25.1. The van der Waals surface area contributed by atoms with E-state index in [9.17, 15) is 9.90 Å². The molecule has 1 N–H and O–H groups in total. The van der Waals surface area contributed by atoms with Crippen molar-refractivity contribution in [1.29, 1.82) is 0 Å². The molecule has 0 unspecified atom stereocenters. The van der Waals surface area contributed by atoms with Crippen molar-refractivity contribution in [2.24, 2.45) is 11.8 Å². The molecule has 5 nitrogen and oxygen atoms in total. The van der Waals surface area contributed by atoms with Gasteiger partial charge in [0.1, 0.15) is 11.9 Å². The first-order valence-electron chi connectivity index (χ1n) is 12.5. The summed E-state index contributed by atoms with van der Waals surface area (Å²) in [5.41, 5.74) is 3.91. The van der Waals surface area contributed by atoms with Crippen LogP contribution in [0.1, 0.15) is 48.5 Å². The van der Waals surface area contributed by atoms with Gasteiger partial charge in [0.25, 0.3) is 0 Å². The lowest BCUT2D eigenvalue weighted by atomic mass is 9.81. The third-order valence-corrected chi connectivity index (χ3v) is 7.29. The molecule has 2 aromatic carbocycles. The summed E-state index contributed by atoms with van der Waals surface area (Å²) in [6.45, 7) is 4.40. The number of aryl methyl sites for hydroxylation is 2. The fourth-order valence-corrected chi connectivity index (χ4v) is 5.33. The van der Waals surface area contributed by atoms with Crippen LogP contribution in [0.3, 0.4) is 0 Å². The number of carbonyl (C=O) groups is 1. The number of methoxy groups -OCH3 is 1. The normalized spacial score (nSPS) is 19.5. The third kappa shape index (κ3) is 6.37. The van der Waals surface area contributed by atoms with Gasteiger partial charge in [-0.25, -0.2) is 4.39 Å². The summed E-state index contributed by atoms with van der Waals surface area (Å²) in [6.07, 6.45) is 4.11. The lowest BCUT2D eigenvalue weighted by Crippen LogP contribution is -2.44. The molecule has 3 aromatic rings. The fraction of sp³-hybridized carbons (Fsp3) is 0.448. The van der Waals surface area contributed by atoms with Gasteiger partial charge in [-0.15, -0.1) is 0 Å². The van der Waals surface area contributed by atoms with Crippen LogP contribution in [0.5, 0.6) is 5.75 Å². The smallest absolute Gasteiger partial charge is 0.308 e. The van der Waals surface area contributed by atoms with Gasteiger partial charge in [0.15, 0.2) is 0 Å². The average molecular weight is 479 g/mol. The van der Waals surface area contributed by atoms with Gasteiger partial charge < -0.3 is 14.7 Å². The van der Waals surface area contributed by atoms with Crippen molar-refractivity contribution < 1.29 is 19.0 Å². The van der Waals surface area contributed by atoms with Gasteiger partial charge in [0, 0.05) is 18.1 Å². The van der Waals surface area contributed by atoms with Crippen LogP contribution >= 0.6 is 0 Å². The Morgan fingerprint density at radius 3 is 2.89 bits per heavy atom. The molecule has 1 aromatic heterocycles. The molecule has 1 saturated heterocycles. The van der Waals surface area contributed by atoms with Gasteiger partial charge >= 0.3 is 5.97 Å². The molecule has 2 heterocycles. The number of hydrogen-bond donors (Lipinski definition) is 1. The van der Waals surface area contributed by atoms with Gasteiger partial charge in [-0.3, -0.25) is 9.78 Å². The molecule has 6 heteroatoms. The van der Waals surface area contributed by atoms with E-state index in [1.165, 1.54) is 11.1 Å². The Morgan fingerprint density at radius 2 is 2.11 bits per heavy atom. The summed E-state index contributed by atoms with van der Waals surface area (Å²) >= 11 is 0. The molecule has 1 aliphatic rings. The van der Waals surface area contributed by atoms with E-state index < -0.39 is 18.1 Å². The zero-order valence-electron chi connectivity index (χ0n) is 20.6. The molecule has 0 aliphatic carbocycles. The van der Waals surface area contributed by atoms with E-state index in [1.807, 2.05) is 18.2 Å². The number of hydrogen-bond acceptors (Lipinski definition) is 4. The standard InChI is InChI=1S/C29H35FN2O3/c1-20-5-3-6-21(17-20)7-4-15-32-16-13-22(26(19-32)29(33)34)8-10-27(30)24-12-14-31-28-11-9-23(35-2)18-25(24)28/h3,5-6,9,11-12,14,17-18,22,26-27H,4,7-8,10,13,15-16,19H2,1-2H3,(H,33,34)/t22-,26+,27-/m1/s1. The van der Waals surface area contributed by atoms with Crippen molar-refractivity contribution in [1.82, 2.24) is 9.88 Å². The number of aromatic nitrogens is 1. The monoisotopic (exact) mass is 478 g/mol. The van der Waals surface area contributed by atoms with Crippen molar-refractivity contribution in [3.63, 3.8) is 0 Å². The number of aliphatic carboxylic acids is 1. The molecule has 1 fully saturated rings. The number of rotatable bonds is 10. The summed E-state index contributed by atoms with van der Waals surface area (Å²) in [4.78, 5) is 18.7. The fourth-order valence-electron chi connectivity index (χ4n) is 5.33. The molecule has 35 heavy (non-hydrogen) atoms. The first-order valence-corrected chi connectivity index (χ1v) is 12.5. The lowest BCUT2D eigenvalue weighted by molar-refractivity contribution is -0.146. The molecule has 0 spiro atoms. The van der Waals surface area contributed by atoms with Crippen LogP contribution in [0.25, 0.3) is 10.9 Å². The molecule has 0 amide bonds. The summed E-state index contributed by atoms with van der Waals surface area (Å²) in [5.74, 6) is -0.571. The molecule has 4 rings (SSSR count). The second kappa shape index (κ2) is 11.6. The number of alkyl halides is 1. The second-order valence-electron chi connectivity index (χ2n) is 9.71. The second-order valence-corrected chi connectivity index (χ2v) is 9.71. The summed E-state index contributed by atoms with van der Waals surface area (Å²) < 4.78 is 20.7. The quantitative estimate of drug-likeness (QED) is 0.387. The van der Waals surface area contributed by atoms with Crippen LogP contribution in [0.2, 0.25) is 0 Å². The van der Waals surface area contributed by atoms with Crippen LogP contribution in [-0.2, 0) is 11.2 Å². The summed E-state index contributed by atoms with van der Waals surface area (Å²) in [5, 5.41) is 10.6. The van der Waals surface area contributed by atoms with Crippen molar-refractivity contribution in [3.8, 4) is 5.75 Å². The number of pyridine rings is 1. The zero-order valence-corrected chi connectivity index (χ0v) is 20.6. The highest BCUT2D eigenvalue weighted by Crippen LogP contribution is 2.35. The molecular weight excluding hydrogens is 443 g/mol. The number of ether oxygens (including phenoxy) is 1. The minimum atomic E-state index is -1.17. The number of halogens is 1. The Bertz CT molecular complexity index is 1150. The van der Waals surface area contributed by atoms with E-state index >= 15 is 4.39 Å². The van der Waals surface area contributed by atoms with Crippen LogP contribution < -0.4 is 4.74 Å². The minimum Gasteiger partial charge on any atom is -0.497 e. The van der Waals surface area contributed by atoms with Crippen molar-refractivity contribution >= 4 is 16.9 Å². The van der Waals surface area contributed by atoms with Gasteiger partial charge in [-0.2, -0.15) is 0 Å². The highest BCUT2D eigenvalue weighted by Gasteiger charge is 2.34. The Balaban J connectivity index is 1.33. The van der Waals surface area contributed by atoms with Crippen LogP contribution in [-0.4, -0.2) is 47.7 Å². The zero-order chi connectivity index (χ0) is 24.8. The summed E-state index contributed by atoms with van der Waals surface area (Å²) in [7, 11) is 1.59. The largest absolute Gasteiger partial charge is 0.497 e. The Labute approximate surface area is 206 Å². The number of carboxylic acid groups (broad SMARTS) is 1. The highest BCUT2D eigenvalue weighted by molar-refractivity contribution is 5.83. The van der Waals surface area contributed by atoms with E-state index in [0.717, 1.165) is 43.3 Å². The van der Waals surface area contributed by atoms with E-state index in [1.54, 1.807) is 19.4 Å². The molecule has 186 valence electrons. The maximum Gasteiger partial charge on any atom is 0.308 e. The third-order valence-electron chi connectivity index (χ3n) is 7.29. The molecule has 1 aliphatic heterocycles. The van der Waals surface area contributed by atoms with E-state index in [2.05, 4.69) is 41.1 Å². The number of carboxylic acids is 1. The Kier molecular flexibility index (Phi) is 8.34. The van der Waals surface area contributed by atoms with Crippen LogP contribution in [0.4, 0.5) is 4.39 Å². The molecule has 0 radical (unpaired) electrons. The first-order chi connectivity index (χ1) is 16.9. The topological polar surface area (TPSA) is 62.7 Å². The number of likely N-dealkylation sites (tertiary alicyclic amines) is 1. The van der Waals surface area contributed by atoms with E-state index in [-0.39, 0.29) is 5.92 Å². The maximum absolute atomic E-state index is 15.4. The van der Waals surface area contributed by atoms with Crippen LogP contribution in [0, 0.1) is 18.8 Å². The number of piperidine rings is 1. The summed E-state index contributed by atoms with van der Waals surface area (Å²) in [6, 6.07) is 15.7. The van der Waals surface area contributed by atoms with Gasteiger partial charge in [-0.1, -0.05) is 29.8 Å². The van der Waals surface area contributed by atoms with E-state index in [0.29, 0.717) is 30.7 Å². The number of fused-ring (bicyclic) bond motifs is 1. The SMILES string of the molecule is COc1ccc2nccc([C@H](F)CC[C@@H]3CCN(CCCc4cccc(C)c4)C[C@@H]3C(=O)O)c2c1. The molecule has 3 atom stereocenters. The van der Waals surface area contributed by atoms with Gasteiger partial charge in [0.05, 0.1) is 18.5 Å². The average Bonchev–Trinajstić information content (AvgIpc) is 2.87. The predicted molar refractivity (Wildman–Crippen MR) is 137 cm³/mol. The lowest BCUT2D eigenvalue weighted by Gasteiger charge is -2.37. The van der Waals surface area contributed by atoms with Crippen molar-refractivity contribution in [2.75, 3.05) is 26.7 Å². The maximum atomic E-state index is 15.4. The molecular formula is C29H35FN2O3. The van der Waals surface area contributed by atoms with Gasteiger partial charge in [0.2, 0.25) is 0 Å². The molecule has 0 bridgehead atoms. The highest BCUT2D eigenvalue weighted by atomic mass is 19.1. The minimum absolute atomic E-state index is 0.0126. The number of nitrogens with zero attached hydrogens (tertiary/aromatic N) is 2. The van der Waals surface area contributed by atoms with Gasteiger partial charge in [-0.05, 0) is 93.4 Å². The van der Waals surface area contributed by atoms with Crippen molar-refractivity contribution in [2.45, 2.75) is 45.2 Å².